The molecule has 1 N–H and O–H groups in total. The number of esters is 1. The molecular weight excluding hydrogens is 578 g/mol. The first-order chi connectivity index (χ1) is 20.3. The van der Waals surface area contributed by atoms with Crippen molar-refractivity contribution in [1.82, 2.24) is 9.21 Å². The second-order valence-corrected chi connectivity index (χ2v) is 13.6. The van der Waals surface area contributed by atoms with Gasteiger partial charge >= 0.3 is 16.2 Å². The van der Waals surface area contributed by atoms with Crippen LogP contribution in [-0.4, -0.2) is 68.1 Å². The van der Waals surface area contributed by atoms with E-state index < -0.39 is 10.2 Å². The molecule has 0 radical (unpaired) electrons. The highest BCUT2D eigenvalue weighted by Gasteiger charge is 2.38. The molecule has 6 rings (SSSR count). The summed E-state index contributed by atoms with van der Waals surface area (Å²) in [4.78, 5) is 41.3. The van der Waals surface area contributed by atoms with Gasteiger partial charge in [0.25, 0.3) is 11.8 Å². The molecule has 0 saturated carbocycles. The molecule has 0 bridgehead atoms. The number of carbonyl (C=O) groups is 3. The van der Waals surface area contributed by atoms with Gasteiger partial charge in [-0.15, -0.1) is 0 Å². The number of rotatable bonds is 10. The number of imide groups is 1. The summed E-state index contributed by atoms with van der Waals surface area (Å²) >= 11 is 1.09. The number of amides is 2. The maximum atomic E-state index is 13.2. The fraction of sp³-hybridized carbons (Fsp3) is 0.414. The van der Waals surface area contributed by atoms with Crippen molar-refractivity contribution in [1.29, 1.82) is 0 Å². The van der Waals surface area contributed by atoms with Crippen molar-refractivity contribution >= 4 is 57.2 Å². The zero-order chi connectivity index (χ0) is 29.4. The van der Waals surface area contributed by atoms with E-state index in [1.165, 1.54) is 8.61 Å². The molecule has 4 heterocycles. The van der Waals surface area contributed by atoms with Gasteiger partial charge in [0.15, 0.2) is 0 Å². The number of piperazine rings is 1. The van der Waals surface area contributed by atoms with Crippen LogP contribution in [0.15, 0.2) is 53.6 Å². The molecule has 0 unspecified atom stereocenters. The molecule has 0 aromatic heterocycles. The lowest BCUT2D eigenvalue weighted by atomic mass is 10.0. The standard InChI is InChI=1S/C29H33N5O6S2/c1-20-23(28(36)33(27(20)35)22-11-12-24-21(18-22)19-40-29(24)37)8-4-2-3-7-13-31-14-16-32(17-15-31)42(38,39)34-26-10-6-5-9-25(26)30-41-34/h5-6,9-12,18,30H,2-4,7-8,13-17,19H2,1H3. The normalized spacial score (nSPS) is 19.4. The minimum Gasteiger partial charge on any atom is -0.457 e. The minimum absolute atomic E-state index is 0.150. The Labute approximate surface area is 249 Å². The lowest BCUT2D eigenvalue weighted by Gasteiger charge is -2.35. The molecule has 4 aliphatic rings. The maximum absolute atomic E-state index is 13.2. The average molecular weight is 612 g/mol. The van der Waals surface area contributed by atoms with Gasteiger partial charge in [-0.1, -0.05) is 25.0 Å². The van der Waals surface area contributed by atoms with Crippen LogP contribution in [0.5, 0.6) is 0 Å². The number of ether oxygens (including phenoxy) is 1. The van der Waals surface area contributed by atoms with E-state index in [1.807, 2.05) is 18.2 Å². The molecule has 0 spiro atoms. The van der Waals surface area contributed by atoms with E-state index in [1.54, 1.807) is 35.5 Å². The number of anilines is 3. The van der Waals surface area contributed by atoms with Gasteiger partial charge in [-0.2, -0.15) is 16.4 Å². The van der Waals surface area contributed by atoms with E-state index in [4.69, 9.17) is 4.74 Å². The molecular formula is C29H33N5O6S2. The molecule has 0 atom stereocenters. The highest BCUT2D eigenvalue weighted by molar-refractivity contribution is 8.15. The fourth-order valence-corrected chi connectivity index (χ4v) is 8.41. The van der Waals surface area contributed by atoms with Gasteiger partial charge in [0.05, 0.1) is 34.8 Å². The number of nitrogens with zero attached hydrogens (tertiary/aromatic N) is 4. The number of hydrogen-bond acceptors (Lipinski definition) is 9. The SMILES string of the molecule is CC1=C(CCCCCCN2CCN(S(=O)(=O)N3SNc4ccccc43)CC2)C(=O)N(c2ccc3c(c2)COC3=O)C1=O. The van der Waals surface area contributed by atoms with Gasteiger partial charge in [0.1, 0.15) is 6.61 Å². The van der Waals surface area contributed by atoms with Gasteiger partial charge in [0, 0.05) is 42.9 Å². The molecule has 4 aliphatic heterocycles. The van der Waals surface area contributed by atoms with Crippen LogP contribution in [0.2, 0.25) is 0 Å². The van der Waals surface area contributed by atoms with Gasteiger partial charge in [-0.05, 0) is 63.1 Å². The lowest BCUT2D eigenvalue weighted by molar-refractivity contribution is -0.120. The Balaban J connectivity index is 0.923. The topological polar surface area (TPSA) is 120 Å². The van der Waals surface area contributed by atoms with Crippen LogP contribution in [0.3, 0.4) is 0 Å². The Hall–Kier alpha value is -3.39. The number of carbonyl (C=O) groups excluding carboxylic acids is 3. The smallest absolute Gasteiger partial charge is 0.338 e. The Bertz CT molecular complexity index is 1570. The third-order valence-corrected chi connectivity index (χ3v) is 11.3. The van der Waals surface area contributed by atoms with E-state index >= 15 is 0 Å². The molecule has 42 heavy (non-hydrogen) atoms. The summed E-state index contributed by atoms with van der Waals surface area (Å²) in [7, 11) is -3.62. The minimum atomic E-state index is -3.62. The molecule has 0 aliphatic carbocycles. The van der Waals surface area contributed by atoms with Crippen LogP contribution in [0.1, 0.15) is 54.9 Å². The quantitative estimate of drug-likeness (QED) is 0.185. The third kappa shape index (κ3) is 5.30. The van der Waals surface area contributed by atoms with Gasteiger partial charge in [-0.3, -0.25) is 9.59 Å². The monoisotopic (exact) mass is 611 g/mol. The molecule has 1 fully saturated rings. The molecule has 1 saturated heterocycles. The van der Waals surface area contributed by atoms with Crippen molar-refractivity contribution in [3.63, 3.8) is 0 Å². The van der Waals surface area contributed by atoms with E-state index in [0.717, 1.165) is 50.0 Å². The van der Waals surface area contributed by atoms with Crippen LogP contribution < -0.4 is 13.3 Å². The number of fused-ring (bicyclic) bond motifs is 2. The van der Waals surface area contributed by atoms with Crippen LogP contribution >= 0.6 is 12.1 Å². The second kappa shape index (κ2) is 11.7. The molecule has 2 amide bonds. The van der Waals surface area contributed by atoms with Crippen LogP contribution in [0, 0.1) is 0 Å². The van der Waals surface area contributed by atoms with Crippen LogP contribution in [-0.2, 0) is 31.1 Å². The van der Waals surface area contributed by atoms with Crippen LogP contribution in [0.25, 0.3) is 0 Å². The first-order valence-corrected chi connectivity index (χ1v) is 16.4. The van der Waals surface area contributed by atoms with Crippen molar-refractivity contribution in [2.24, 2.45) is 0 Å². The lowest BCUT2D eigenvalue weighted by Crippen LogP contribution is -2.51. The summed E-state index contributed by atoms with van der Waals surface area (Å²) in [6.45, 7) is 5.03. The average Bonchev–Trinajstić information content (AvgIpc) is 3.65. The van der Waals surface area contributed by atoms with Crippen molar-refractivity contribution in [2.75, 3.05) is 46.1 Å². The van der Waals surface area contributed by atoms with E-state index in [2.05, 4.69) is 9.62 Å². The maximum Gasteiger partial charge on any atom is 0.338 e. The van der Waals surface area contributed by atoms with E-state index in [9.17, 15) is 22.8 Å². The second-order valence-electron chi connectivity index (χ2n) is 10.8. The van der Waals surface area contributed by atoms with Crippen LogP contribution in [0.4, 0.5) is 17.1 Å². The van der Waals surface area contributed by atoms with E-state index in [-0.39, 0.29) is 24.4 Å². The number of hydrogen-bond donors (Lipinski definition) is 1. The number of benzene rings is 2. The summed E-state index contributed by atoms with van der Waals surface area (Å²) in [5, 5.41) is 0. The Morgan fingerprint density at radius 3 is 2.50 bits per heavy atom. The van der Waals surface area contributed by atoms with Gasteiger partial charge in [0.2, 0.25) is 0 Å². The Morgan fingerprint density at radius 2 is 1.69 bits per heavy atom. The zero-order valence-electron chi connectivity index (χ0n) is 23.4. The first kappa shape index (κ1) is 28.7. The van der Waals surface area contributed by atoms with Crippen molar-refractivity contribution < 1.29 is 27.5 Å². The Morgan fingerprint density at radius 1 is 0.929 bits per heavy atom. The number of para-hydroxylation sites is 2. The van der Waals surface area contributed by atoms with Crippen molar-refractivity contribution in [3.05, 3.63) is 64.7 Å². The summed E-state index contributed by atoms with van der Waals surface area (Å²) in [6, 6.07) is 12.3. The first-order valence-electron chi connectivity index (χ1n) is 14.2. The van der Waals surface area contributed by atoms with Gasteiger partial charge < -0.3 is 14.4 Å². The summed E-state index contributed by atoms with van der Waals surface area (Å²) in [5.74, 6) is -0.992. The number of cyclic esters (lactones) is 1. The highest BCUT2D eigenvalue weighted by Crippen LogP contribution is 2.41. The Kier molecular flexibility index (Phi) is 8.01. The molecule has 11 nitrogen and oxygen atoms in total. The largest absolute Gasteiger partial charge is 0.457 e. The summed E-state index contributed by atoms with van der Waals surface area (Å²) in [6.07, 6.45) is 4.26. The van der Waals surface area contributed by atoms with Crippen molar-refractivity contribution in [2.45, 2.75) is 45.6 Å². The molecule has 13 heteroatoms. The van der Waals surface area contributed by atoms with Gasteiger partial charge in [-0.25, -0.2) is 9.69 Å². The summed E-state index contributed by atoms with van der Waals surface area (Å²) in [5.41, 5.74) is 4.10. The number of unbranched alkanes of at least 4 members (excludes halogenated alkanes) is 3. The molecule has 2 aromatic rings. The number of nitrogens with one attached hydrogen (secondary N) is 1. The zero-order valence-corrected chi connectivity index (χ0v) is 25.0. The molecule has 222 valence electrons. The highest BCUT2D eigenvalue weighted by atomic mass is 32.3. The third-order valence-electron chi connectivity index (χ3n) is 8.22. The predicted molar refractivity (Wildman–Crippen MR) is 161 cm³/mol. The fourth-order valence-electron chi connectivity index (χ4n) is 5.78. The predicted octanol–water partition coefficient (Wildman–Crippen LogP) is 3.85. The molecule has 2 aromatic carbocycles. The van der Waals surface area contributed by atoms with Crippen molar-refractivity contribution in [3.8, 4) is 0 Å². The van der Waals surface area contributed by atoms with E-state index in [0.29, 0.717) is 66.2 Å². The summed E-state index contributed by atoms with van der Waals surface area (Å²) < 4.78 is 37.5.